The van der Waals surface area contributed by atoms with Gasteiger partial charge in [-0.1, -0.05) is 24.3 Å². The summed E-state index contributed by atoms with van der Waals surface area (Å²) in [5, 5.41) is -0.243. The number of nitrogens with two attached hydrogens (primary N) is 1. The molecule has 0 unspecified atom stereocenters. The van der Waals surface area contributed by atoms with Crippen LogP contribution >= 0.6 is 11.8 Å². The molecule has 15 heavy (non-hydrogen) atoms. The summed E-state index contributed by atoms with van der Waals surface area (Å²) in [5.41, 5.74) is 7.82. The Bertz CT molecular complexity index is 477. The highest BCUT2D eigenvalue weighted by atomic mass is 32.2. The lowest BCUT2D eigenvalue weighted by atomic mass is 10.1. The van der Waals surface area contributed by atoms with Crippen molar-refractivity contribution < 1.29 is 4.79 Å². The fourth-order valence-electron chi connectivity index (χ4n) is 1.32. The molecule has 1 aromatic rings. The van der Waals surface area contributed by atoms with Crippen LogP contribution in [-0.4, -0.2) is 11.1 Å². The fraction of sp³-hybridized carbons (Fsp3) is 0.0909. The lowest BCUT2D eigenvalue weighted by Crippen LogP contribution is -2.08. The van der Waals surface area contributed by atoms with E-state index >= 15 is 0 Å². The molecule has 1 amide bonds. The number of aliphatic imine (C=N–C) groups is 1. The number of carbonyl (C=O) groups excluding carboxylic acids is 1. The van der Waals surface area contributed by atoms with Gasteiger partial charge in [-0.15, -0.1) is 0 Å². The second-order valence-corrected chi connectivity index (χ2v) is 4.22. The van der Waals surface area contributed by atoms with Crippen molar-refractivity contribution in [1.29, 1.82) is 0 Å². The molecule has 0 bridgehead atoms. The zero-order valence-corrected chi connectivity index (χ0v) is 9.04. The van der Waals surface area contributed by atoms with Crippen molar-refractivity contribution in [1.82, 2.24) is 0 Å². The fourth-order valence-corrected chi connectivity index (χ4v) is 1.98. The summed E-state index contributed by atoms with van der Waals surface area (Å²) in [4.78, 5) is 15.4. The third-order valence-corrected chi connectivity index (χ3v) is 2.95. The molecule has 1 aromatic carbocycles. The van der Waals surface area contributed by atoms with Gasteiger partial charge in [0.1, 0.15) is 5.84 Å². The maximum Gasteiger partial charge on any atom is 0.311 e. The molecule has 0 saturated carbocycles. The van der Waals surface area contributed by atoms with Gasteiger partial charge in [0.25, 0.3) is 0 Å². The van der Waals surface area contributed by atoms with Crippen LogP contribution in [0.4, 0.5) is 4.79 Å². The molecule has 0 radical (unpaired) electrons. The van der Waals surface area contributed by atoms with Crippen LogP contribution in [0.5, 0.6) is 0 Å². The van der Waals surface area contributed by atoms with Crippen molar-refractivity contribution in [3.63, 3.8) is 0 Å². The summed E-state index contributed by atoms with van der Waals surface area (Å²) in [6.07, 6.45) is 1.89. The Kier molecular flexibility index (Phi) is 2.60. The van der Waals surface area contributed by atoms with Crippen LogP contribution in [0, 0.1) is 6.92 Å². The Morgan fingerprint density at radius 1 is 1.40 bits per heavy atom. The molecule has 0 fully saturated rings. The quantitative estimate of drug-likeness (QED) is 0.788. The Hall–Kier alpha value is -1.55. The van der Waals surface area contributed by atoms with Gasteiger partial charge in [-0.2, -0.15) is 4.99 Å². The number of aryl methyl sites for hydroxylation is 1. The molecule has 3 nitrogen and oxygen atoms in total. The third-order valence-electron chi connectivity index (χ3n) is 2.14. The minimum absolute atomic E-state index is 0.243. The number of benzene rings is 1. The van der Waals surface area contributed by atoms with Crippen LogP contribution in [0.15, 0.2) is 34.2 Å². The molecule has 76 valence electrons. The Morgan fingerprint density at radius 3 is 2.73 bits per heavy atom. The van der Waals surface area contributed by atoms with E-state index in [1.54, 1.807) is 0 Å². The molecular formula is C11H10N2OS. The van der Waals surface area contributed by atoms with Crippen LogP contribution in [0.3, 0.4) is 0 Å². The van der Waals surface area contributed by atoms with Gasteiger partial charge in [0.05, 0.1) is 4.91 Å². The van der Waals surface area contributed by atoms with E-state index in [0.29, 0.717) is 5.84 Å². The standard InChI is InChI=1S/C11H10N2OS/c1-7-4-2-3-5-8(7)6-9-10(12)13-11(14)15-9/h2-6H,1H3,(H2,12,13,14)/b9-6-. The number of amides is 1. The molecule has 0 aliphatic carbocycles. The lowest BCUT2D eigenvalue weighted by Gasteiger charge is -2.00. The molecule has 4 heteroatoms. The molecular weight excluding hydrogens is 208 g/mol. The summed E-state index contributed by atoms with van der Waals surface area (Å²) in [7, 11) is 0. The van der Waals surface area contributed by atoms with Gasteiger partial charge >= 0.3 is 5.24 Å². The van der Waals surface area contributed by atoms with E-state index in [1.807, 2.05) is 37.3 Å². The zero-order chi connectivity index (χ0) is 10.8. The van der Waals surface area contributed by atoms with E-state index in [1.165, 1.54) is 0 Å². The predicted octanol–water partition coefficient (Wildman–Crippen LogP) is 2.56. The van der Waals surface area contributed by atoms with Crippen LogP contribution in [0.25, 0.3) is 6.08 Å². The molecule has 1 aliphatic rings. The van der Waals surface area contributed by atoms with E-state index in [2.05, 4.69) is 4.99 Å². The second-order valence-electron chi connectivity index (χ2n) is 3.23. The first-order valence-corrected chi connectivity index (χ1v) is 5.32. The number of carbonyl (C=O) groups is 1. The Morgan fingerprint density at radius 2 is 2.13 bits per heavy atom. The first-order chi connectivity index (χ1) is 7.16. The van der Waals surface area contributed by atoms with Crippen molar-refractivity contribution in [3.8, 4) is 0 Å². The van der Waals surface area contributed by atoms with Gasteiger partial charge < -0.3 is 5.73 Å². The number of hydrogen-bond acceptors (Lipinski definition) is 3. The van der Waals surface area contributed by atoms with E-state index in [4.69, 9.17) is 5.73 Å². The number of rotatable bonds is 1. The summed E-state index contributed by atoms with van der Waals surface area (Å²) < 4.78 is 0. The van der Waals surface area contributed by atoms with Gasteiger partial charge in [-0.25, -0.2) is 0 Å². The molecule has 2 N–H and O–H groups in total. The molecule has 1 aliphatic heterocycles. The summed E-state index contributed by atoms with van der Waals surface area (Å²) in [5.74, 6) is 0.313. The molecule has 1 heterocycles. The maximum atomic E-state index is 11.0. The molecule has 0 saturated heterocycles. The highest BCUT2D eigenvalue weighted by Crippen LogP contribution is 2.27. The van der Waals surface area contributed by atoms with Crippen LogP contribution in [0.2, 0.25) is 0 Å². The molecule has 0 spiro atoms. The summed E-state index contributed by atoms with van der Waals surface area (Å²) in [6, 6.07) is 7.93. The smallest absolute Gasteiger partial charge is 0.311 e. The second kappa shape index (κ2) is 3.90. The summed E-state index contributed by atoms with van der Waals surface area (Å²) >= 11 is 1.07. The van der Waals surface area contributed by atoms with Crippen molar-refractivity contribution >= 4 is 28.9 Å². The number of nitrogens with zero attached hydrogens (tertiary/aromatic N) is 1. The number of thioether (sulfide) groups is 1. The van der Waals surface area contributed by atoms with Crippen LogP contribution in [0.1, 0.15) is 11.1 Å². The largest absolute Gasteiger partial charge is 0.383 e. The topological polar surface area (TPSA) is 55.5 Å². The maximum absolute atomic E-state index is 11.0. The van der Waals surface area contributed by atoms with Crippen molar-refractivity contribution in [2.24, 2.45) is 10.7 Å². The average Bonchev–Trinajstić information content (AvgIpc) is 2.49. The molecule has 0 aromatic heterocycles. The van der Waals surface area contributed by atoms with E-state index in [9.17, 15) is 4.79 Å². The SMILES string of the molecule is Cc1ccccc1/C=C1\SC(=O)N=C1N. The van der Waals surface area contributed by atoms with Gasteiger partial charge in [0.2, 0.25) is 0 Å². The predicted molar refractivity (Wildman–Crippen MR) is 63.8 cm³/mol. The monoisotopic (exact) mass is 218 g/mol. The van der Waals surface area contributed by atoms with E-state index in [0.717, 1.165) is 27.8 Å². The van der Waals surface area contributed by atoms with Gasteiger partial charge in [0, 0.05) is 0 Å². The molecule has 0 atom stereocenters. The van der Waals surface area contributed by atoms with Crippen LogP contribution < -0.4 is 5.73 Å². The number of amidine groups is 1. The third kappa shape index (κ3) is 2.10. The summed E-state index contributed by atoms with van der Waals surface area (Å²) in [6.45, 7) is 2.02. The Balaban J connectivity index is 2.37. The lowest BCUT2D eigenvalue weighted by molar-refractivity contribution is 0.268. The normalized spacial score (nSPS) is 18.3. The van der Waals surface area contributed by atoms with Crippen molar-refractivity contribution in [2.75, 3.05) is 0 Å². The van der Waals surface area contributed by atoms with Crippen LogP contribution in [-0.2, 0) is 0 Å². The number of hydrogen-bond donors (Lipinski definition) is 1. The highest BCUT2D eigenvalue weighted by molar-refractivity contribution is 8.18. The van der Waals surface area contributed by atoms with Crippen molar-refractivity contribution in [2.45, 2.75) is 6.92 Å². The zero-order valence-electron chi connectivity index (χ0n) is 8.23. The van der Waals surface area contributed by atoms with E-state index in [-0.39, 0.29) is 5.24 Å². The van der Waals surface area contributed by atoms with Gasteiger partial charge in [-0.3, -0.25) is 4.79 Å². The minimum Gasteiger partial charge on any atom is -0.383 e. The van der Waals surface area contributed by atoms with Gasteiger partial charge in [-0.05, 0) is 35.9 Å². The minimum atomic E-state index is -0.243. The van der Waals surface area contributed by atoms with E-state index < -0.39 is 0 Å². The Labute approximate surface area is 92.1 Å². The van der Waals surface area contributed by atoms with Gasteiger partial charge in [0.15, 0.2) is 0 Å². The first-order valence-electron chi connectivity index (χ1n) is 4.50. The molecule has 2 rings (SSSR count). The highest BCUT2D eigenvalue weighted by Gasteiger charge is 2.18. The average molecular weight is 218 g/mol. The van der Waals surface area contributed by atoms with Crippen molar-refractivity contribution in [3.05, 3.63) is 40.3 Å². The first kappa shape index (κ1) is 9.98.